The van der Waals surface area contributed by atoms with Gasteiger partial charge in [0.15, 0.2) is 0 Å². The fraction of sp³-hybridized carbons (Fsp3) is 0.308. The molecule has 1 aliphatic rings. The molecule has 0 aliphatic carbocycles. The molecule has 3 N–H and O–H groups in total. The predicted molar refractivity (Wildman–Crippen MR) is 72.8 cm³/mol. The van der Waals surface area contributed by atoms with Gasteiger partial charge in [-0.05, 0) is 18.6 Å². The minimum atomic E-state index is -1.17. The lowest BCUT2D eigenvalue weighted by Crippen LogP contribution is -2.40. The van der Waals surface area contributed by atoms with Crippen LogP contribution in [0.2, 0.25) is 5.02 Å². The Labute approximate surface area is 120 Å². The summed E-state index contributed by atoms with van der Waals surface area (Å²) >= 11 is 5.93. The highest BCUT2D eigenvalue weighted by atomic mass is 35.5. The molecule has 1 aromatic carbocycles. The van der Waals surface area contributed by atoms with Crippen LogP contribution in [0.25, 0.3) is 0 Å². The van der Waals surface area contributed by atoms with E-state index in [2.05, 4.69) is 10.6 Å². The number of anilines is 1. The van der Waals surface area contributed by atoms with Gasteiger partial charge in [-0.3, -0.25) is 9.59 Å². The molecule has 1 fully saturated rings. The standard InChI is InChI=1S/C13H13ClN2O4/c14-9-3-1-2-8(13(19)20)11(9)16-12(18)7-4-5-10(17)15-6-7/h1-3,7H,4-6H2,(H,15,17)(H,16,18)(H,19,20). The number of carbonyl (C=O) groups is 3. The van der Waals surface area contributed by atoms with E-state index in [9.17, 15) is 14.4 Å². The van der Waals surface area contributed by atoms with E-state index in [-0.39, 0.29) is 47.0 Å². The van der Waals surface area contributed by atoms with Crippen molar-refractivity contribution in [2.75, 3.05) is 11.9 Å². The number of carboxylic acids is 1. The van der Waals surface area contributed by atoms with Gasteiger partial charge in [0.1, 0.15) is 0 Å². The molecule has 2 rings (SSSR count). The van der Waals surface area contributed by atoms with Gasteiger partial charge in [-0.1, -0.05) is 17.7 Å². The van der Waals surface area contributed by atoms with Gasteiger partial charge in [0, 0.05) is 13.0 Å². The molecule has 1 unspecified atom stereocenters. The van der Waals surface area contributed by atoms with Crippen molar-refractivity contribution < 1.29 is 19.5 Å². The average molecular weight is 297 g/mol. The maximum atomic E-state index is 12.1. The van der Waals surface area contributed by atoms with Crippen molar-refractivity contribution in [1.29, 1.82) is 0 Å². The Hall–Kier alpha value is -2.08. The van der Waals surface area contributed by atoms with Crippen LogP contribution in [-0.4, -0.2) is 29.4 Å². The van der Waals surface area contributed by atoms with Crippen molar-refractivity contribution in [1.82, 2.24) is 5.32 Å². The first-order chi connectivity index (χ1) is 9.49. The molecule has 2 amide bonds. The largest absolute Gasteiger partial charge is 0.478 e. The van der Waals surface area contributed by atoms with Crippen molar-refractivity contribution in [3.05, 3.63) is 28.8 Å². The van der Waals surface area contributed by atoms with Crippen LogP contribution in [0.1, 0.15) is 23.2 Å². The van der Waals surface area contributed by atoms with Crippen LogP contribution in [-0.2, 0) is 9.59 Å². The summed E-state index contributed by atoms with van der Waals surface area (Å²) in [5.74, 6) is -1.98. The summed E-state index contributed by atoms with van der Waals surface area (Å²) in [4.78, 5) is 34.2. The molecule has 0 spiro atoms. The van der Waals surface area contributed by atoms with Crippen molar-refractivity contribution in [2.24, 2.45) is 5.92 Å². The topological polar surface area (TPSA) is 95.5 Å². The van der Waals surface area contributed by atoms with Crippen molar-refractivity contribution in [3.8, 4) is 0 Å². The van der Waals surface area contributed by atoms with E-state index in [1.54, 1.807) is 0 Å². The Morgan fingerprint density at radius 2 is 2.15 bits per heavy atom. The van der Waals surface area contributed by atoms with Gasteiger partial charge in [-0.2, -0.15) is 0 Å². The lowest BCUT2D eigenvalue weighted by molar-refractivity contribution is -0.126. The van der Waals surface area contributed by atoms with Crippen LogP contribution in [0.15, 0.2) is 18.2 Å². The zero-order valence-corrected chi connectivity index (χ0v) is 11.2. The van der Waals surface area contributed by atoms with E-state index >= 15 is 0 Å². The number of amides is 2. The minimum absolute atomic E-state index is 0.0642. The number of rotatable bonds is 3. The van der Waals surface area contributed by atoms with Crippen LogP contribution in [0.4, 0.5) is 5.69 Å². The average Bonchev–Trinajstić information content (AvgIpc) is 2.41. The molecule has 106 valence electrons. The van der Waals surface area contributed by atoms with Gasteiger partial charge >= 0.3 is 5.97 Å². The molecule has 20 heavy (non-hydrogen) atoms. The van der Waals surface area contributed by atoms with E-state index in [4.69, 9.17) is 16.7 Å². The van der Waals surface area contributed by atoms with Crippen molar-refractivity contribution in [2.45, 2.75) is 12.8 Å². The summed E-state index contributed by atoms with van der Waals surface area (Å²) in [5, 5.41) is 14.4. The number of halogens is 1. The van der Waals surface area contributed by atoms with E-state index in [1.807, 2.05) is 0 Å². The molecule has 1 aliphatic heterocycles. The van der Waals surface area contributed by atoms with Crippen LogP contribution < -0.4 is 10.6 Å². The SMILES string of the molecule is O=C1CCC(C(=O)Nc2c(Cl)cccc2C(=O)O)CN1. The van der Waals surface area contributed by atoms with Gasteiger partial charge in [0.05, 0.1) is 22.2 Å². The third-order valence-electron chi connectivity index (χ3n) is 3.13. The van der Waals surface area contributed by atoms with Crippen molar-refractivity contribution in [3.63, 3.8) is 0 Å². The maximum Gasteiger partial charge on any atom is 0.337 e. The van der Waals surface area contributed by atoms with Crippen LogP contribution in [0.5, 0.6) is 0 Å². The molecule has 1 heterocycles. The van der Waals surface area contributed by atoms with E-state index in [1.165, 1.54) is 18.2 Å². The number of hydrogen-bond acceptors (Lipinski definition) is 3. The second-order valence-electron chi connectivity index (χ2n) is 4.50. The Morgan fingerprint density at radius 1 is 1.40 bits per heavy atom. The lowest BCUT2D eigenvalue weighted by atomic mass is 9.98. The van der Waals surface area contributed by atoms with Crippen LogP contribution in [0, 0.1) is 5.92 Å². The Kier molecular flexibility index (Phi) is 4.24. The first-order valence-electron chi connectivity index (χ1n) is 6.08. The molecule has 0 saturated carbocycles. The quantitative estimate of drug-likeness (QED) is 0.787. The Bertz CT molecular complexity index is 563. The predicted octanol–water partition coefficient (Wildman–Crippen LogP) is 1.50. The third kappa shape index (κ3) is 3.08. The third-order valence-corrected chi connectivity index (χ3v) is 3.44. The lowest BCUT2D eigenvalue weighted by Gasteiger charge is -2.22. The molecular weight excluding hydrogens is 284 g/mol. The highest BCUT2D eigenvalue weighted by molar-refractivity contribution is 6.34. The number of nitrogens with one attached hydrogen (secondary N) is 2. The van der Waals surface area contributed by atoms with Gasteiger partial charge < -0.3 is 15.7 Å². The number of hydrogen-bond donors (Lipinski definition) is 3. The zero-order chi connectivity index (χ0) is 14.7. The molecule has 7 heteroatoms. The normalized spacial score (nSPS) is 18.2. The first-order valence-corrected chi connectivity index (χ1v) is 6.46. The molecule has 0 radical (unpaired) electrons. The monoisotopic (exact) mass is 296 g/mol. The molecular formula is C13H13ClN2O4. The number of carbonyl (C=O) groups excluding carboxylic acids is 2. The summed E-state index contributed by atoms with van der Waals surface area (Å²) in [7, 11) is 0. The van der Waals surface area contributed by atoms with Gasteiger partial charge in [-0.15, -0.1) is 0 Å². The summed E-state index contributed by atoms with van der Waals surface area (Å²) in [5.41, 5.74) is 0.0225. The molecule has 6 nitrogen and oxygen atoms in total. The van der Waals surface area contributed by atoms with E-state index < -0.39 is 5.97 Å². The number of piperidine rings is 1. The fourth-order valence-corrected chi connectivity index (χ4v) is 2.23. The van der Waals surface area contributed by atoms with Crippen molar-refractivity contribution >= 4 is 35.1 Å². The molecule has 1 saturated heterocycles. The summed E-state index contributed by atoms with van der Waals surface area (Å²) in [6.45, 7) is 0.248. The highest BCUT2D eigenvalue weighted by Gasteiger charge is 2.26. The number of benzene rings is 1. The second-order valence-corrected chi connectivity index (χ2v) is 4.90. The van der Waals surface area contributed by atoms with E-state index in [0.717, 1.165) is 0 Å². The smallest absolute Gasteiger partial charge is 0.337 e. The van der Waals surface area contributed by atoms with Gasteiger partial charge in [-0.25, -0.2) is 4.79 Å². The number of para-hydroxylation sites is 1. The second kappa shape index (κ2) is 5.92. The number of carboxylic acid groups (broad SMARTS) is 1. The summed E-state index contributed by atoms with van der Waals surface area (Å²) in [6, 6.07) is 4.38. The van der Waals surface area contributed by atoms with E-state index in [0.29, 0.717) is 6.42 Å². The molecule has 1 aromatic rings. The van der Waals surface area contributed by atoms with Crippen LogP contribution in [0.3, 0.4) is 0 Å². The highest BCUT2D eigenvalue weighted by Crippen LogP contribution is 2.27. The molecule has 0 bridgehead atoms. The first kappa shape index (κ1) is 14.3. The summed E-state index contributed by atoms with van der Waals surface area (Å²) < 4.78 is 0. The Balaban J connectivity index is 2.15. The maximum absolute atomic E-state index is 12.1. The molecule has 0 aromatic heterocycles. The fourth-order valence-electron chi connectivity index (χ4n) is 2.01. The summed E-state index contributed by atoms with van der Waals surface area (Å²) in [6.07, 6.45) is 0.719. The van der Waals surface area contributed by atoms with Gasteiger partial charge in [0.2, 0.25) is 11.8 Å². The number of aromatic carboxylic acids is 1. The zero-order valence-electron chi connectivity index (χ0n) is 10.5. The van der Waals surface area contributed by atoms with Crippen LogP contribution >= 0.6 is 11.6 Å². The molecule has 1 atom stereocenters. The van der Waals surface area contributed by atoms with Gasteiger partial charge in [0.25, 0.3) is 0 Å². The minimum Gasteiger partial charge on any atom is -0.478 e. The Morgan fingerprint density at radius 3 is 2.75 bits per heavy atom.